The summed E-state index contributed by atoms with van der Waals surface area (Å²) in [6.07, 6.45) is 7.26. The molecule has 4 bridgehead atoms. The first-order valence-electron chi connectivity index (χ1n) is 9.42. The molecule has 0 saturated heterocycles. The number of benzene rings is 1. The van der Waals surface area contributed by atoms with Crippen molar-refractivity contribution in [2.24, 2.45) is 17.8 Å². The Morgan fingerprint density at radius 3 is 2.12 bits per heavy atom. The molecule has 1 aromatic rings. The molecule has 25 heavy (non-hydrogen) atoms. The van der Waals surface area contributed by atoms with E-state index in [4.69, 9.17) is 0 Å². The number of imide groups is 1. The average molecular weight is 341 g/mol. The molecule has 0 atom stereocenters. The number of urea groups is 1. The summed E-state index contributed by atoms with van der Waals surface area (Å²) in [7, 11) is 0. The quantitative estimate of drug-likeness (QED) is 0.787. The molecule has 134 valence electrons. The third kappa shape index (κ3) is 3.65. The number of aryl methyl sites for hydroxylation is 1. The Balaban J connectivity index is 1.27. The van der Waals surface area contributed by atoms with Crippen molar-refractivity contribution >= 4 is 17.6 Å². The van der Waals surface area contributed by atoms with Crippen molar-refractivity contribution in [3.63, 3.8) is 0 Å². The van der Waals surface area contributed by atoms with Crippen LogP contribution in [0.25, 0.3) is 0 Å². The van der Waals surface area contributed by atoms with E-state index in [0.717, 1.165) is 42.7 Å². The van der Waals surface area contributed by atoms with Crippen molar-refractivity contribution in [2.75, 3.05) is 11.9 Å². The van der Waals surface area contributed by atoms with E-state index in [1.54, 1.807) is 0 Å². The van der Waals surface area contributed by atoms with Gasteiger partial charge in [-0.2, -0.15) is 0 Å². The van der Waals surface area contributed by atoms with Crippen LogP contribution in [0.15, 0.2) is 24.3 Å². The van der Waals surface area contributed by atoms with E-state index in [9.17, 15) is 9.59 Å². The zero-order chi connectivity index (χ0) is 17.4. The second-order valence-corrected chi connectivity index (χ2v) is 8.42. The van der Waals surface area contributed by atoms with Crippen LogP contribution in [0.5, 0.6) is 0 Å². The minimum atomic E-state index is -0.336. The summed E-state index contributed by atoms with van der Waals surface area (Å²) in [5.41, 5.74) is 1.98. The van der Waals surface area contributed by atoms with Gasteiger partial charge in [-0.3, -0.25) is 10.1 Å². The predicted molar refractivity (Wildman–Crippen MR) is 97.2 cm³/mol. The minimum absolute atomic E-state index is 0.0660. The van der Waals surface area contributed by atoms with Gasteiger partial charge in [-0.05, 0) is 75.3 Å². The molecule has 5 heteroatoms. The van der Waals surface area contributed by atoms with Crippen LogP contribution < -0.4 is 16.0 Å². The van der Waals surface area contributed by atoms with E-state index in [1.165, 1.54) is 24.8 Å². The van der Waals surface area contributed by atoms with Crippen LogP contribution in [0.4, 0.5) is 10.5 Å². The first kappa shape index (κ1) is 16.4. The van der Waals surface area contributed by atoms with Gasteiger partial charge in [0, 0.05) is 11.2 Å². The molecule has 4 fully saturated rings. The largest absolute Gasteiger partial charge is 0.376 e. The lowest BCUT2D eigenvalue weighted by Crippen LogP contribution is -2.62. The van der Waals surface area contributed by atoms with Gasteiger partial charge in [-0.25, -0.2) is 4.79 Å². The Hall–Kier alpha value is -2.04. The van der Waals surface area contributed by atoms with E-state index in [-0.39, 0.29) is 24.0 Å². The first-order chi connectivity index (χ1) is 12.0. The van der Waals surface area contributed by atoms with Crippen LogP contribution in [-0.4, -0.2) is 24.0 Å². The van der Waals surface area contributed by atoms with Gasteiger partial charge in [-0.15, -0.1) is 0 Å². The van der Waals surface area contributed by atoms with Crippen LogP contribution >= 0.6 is 0 Å². The van der Waals surface area contributed by atoms with Crippen molar-refractivity contribution in [3.8, 4) is 0 Å². The molecular formula is C20H27N3O2. The van der Waals surface area contributed by atoms with Crippen LogP contribution in [-0.2, 0) is 4.79 Å². The molecule has 0 aliphatic heterocycles. The highest BCUT2D eigenvalue weighted by atomic mass is 16.2. The van der Waals surface area contributed by atoms with Gasteiger partial charge in [0.1, 0.15) is 0 Å². The van der Waals surface area contributed by atoms with Gasteiger partial charge in [0.2, 0.25) is 5.91 Å². The summed E-state index contributed by atoms with van der Waals surface area (Å²) < 4.78 is 0. The molecule has 0 unspecified atom stereocenters. The third-order valence-corrected chi connectivity index (χ3v) is 6.17. The highest BCUT2D eigenvalue weighted by molar-refractivity contribution is 5.96. The molecule has 3 N–H and O–H groups in total. The number of rotatable bonds is 4. The third-order valence-electron chi connectivity index (χ3n) is 6.17. The highest BCUT2D eigenvalue weighted by Gasteiger charge is 2.51. The molecule has 0 radical (unpaired) electrons. The monoisotopic (exact) mass is 341 g/mol. The minimum Gasteiger partial charge on any atom is -0.376 e. The Kier molecular flexibility index (Phi) is 4.18. The fourth-order valence-electron chi connectivity index (χ4n) is 5.56. The summed E-state index contributed by atoms with van der Waals surface area (Å²) in [5.74, 6) is 2.00. The number of carbonyl (C=O) groups is 2. The van der Waals surface area contributed by atoms with Crippen LogP contribution in [0.1, 0.15) is 44.1 Å². The van der Waals surface area contributed by atoms with E-state index in [1.807, 2.05) is 31.2 Å². The van der Waals surface area contributed by atoms with Gasteiger partial charge < -0.3 is 10.6 Å². The average Bonchev–Trinajstić information content (AvgIpc) is 2.52. The summed E-state index contributed by atoms with van der Waals surface area (Å²) in [4.78, 5) is 24.4. The number of hydrogen-bond acceptors (Lipinski definition) is 3. The van der Waals surface area contributed by atoms with Crippen LogP contribution in [0, 0.1) is 24.7 Å². The maximum Gasteiger partial charge on any atom is 0.321 e. The topological polar surface area (TPSA) is 70.2 Å². The standard InChI is InChI=1S/C20H27N3O2/c1-13-2-4-17(5-3-13)21-12-18(24)22-19(25)23-20-9-14-6-15(10-20)8-16(7-14)11-20/h2-5,14-16,21H,6-12H2,1H3,(H2,22,23,24,25). The fourth-order valence-corrected chi connectivity index (χ4v) is 5.56. The summed E-state index contributed by atoms with van der Waals surface area (Å²) in [6, 6.07) is 7.49. The van der Waals surface area contributed by atoms with Crippen molar-refractivity contribution in [3.05, 3.63) is 29.8 Å². The lowest BCUT2D eigenvalue weighted by molar-refractivity contribution is -0.118. The summed E-state index contributed by atoms with van der Waals surface area (Å²) >= 11 is 0. The molecule has 4 saturated carbocycles. The van der Waals surface area contributed by atoms with Crippen molar-refractivity contribution < 1.29 is 9.59 Å². The molecule has 3 amide bonds. The lowest BCUT2D eigenvalue weighted by atomic mass is 9.53. The molecule has 5 rings (SSSR count). The van der Waals surface area contributed by atoms with E-state index >= 15 is 0 Å². The van der Waals surface area contributed by atoms with E-state index in [0.29, 0.717) is 0 Å². The Morgan fingerprint density at radius 2 is 1.56 bits per heavy atom. The smallest absolute Gasteiger partial charge is 0.321 e. The fraction of sp³-hybridized carbons (Fsp3) is 0.600. The van der Waals surface area contributed by atoms with Crippen molar-refractivity contribution in [1.29, 1.82) is 0 Å². The second kappa shape index (κ2) is 6.36. The SMILES string of the molecule is Cc1ccc(NCC(=O)NC(=O)NC23CC4CC(CC(C4)C2)C3)cc1. The summed E-state index contributed by atoms with van der Waals surface area (Å²) in [5, 5.41) is 8.69. The van der Waals surface area contributed by atoms with Crippen molar-refractivity contribution in [1.82, 2.24) is 10.6 Å². The van der Waals surface area contributed by atoms with E-state index < -0.39 is 0 Å². The normalized spacial score (nSPS) is 32.3. The van der Waals surface area contributed by atoms with Gasteiger partial charge in [0.15, 0.2) is 0 Å². The molecule has 4 aliphatic rings. The number of amides is 3. The van der Waals surface area contributed by atoms with Gasteiger partial charge in [0.05, 0.1) is 6.54 Å². The summed E-state index contributed by atoms with van der Waals surface area (Å²) in [6.45, 7) is 2.11. The first-order valence-corrected chi connectivity index (χ1v) is 9.42. The van der Waals surface area contributed by atoms with Gasteiger partial charge in [0.25, 0.3) is 0 Å². The number of hydrogen-bond donors (Lipinski definition) is 3. The van der Waals surface area contributed by atoms with Crippen molar-refractivity contribution in [2.45, 2.75) is 51.0 Å². The Labute approximate surface area is 148 Å². The second-order valence-electron chi connectivity index (χ2n) is 8.42. The number of nitrogens with one attached hydrogen (secondary N) is 3. The predicted octanol–water partition coefficient (Wildman–Crippen LogP) is 3.20. The molecule has 0 aromatic heterocycles. The molecule has 0 heterocycles. The molecular weight excluding hydrogens is 314 g/mol. The molecule has 4 aliphatic carbocycles. The molecule has 1 aromatic carbocycles. The zero-order valence-electron chi connectivity index (χ0n) is 14.8. The molecule has 5 nitrogen and oxygen atoms in total. The number of carbonyl (C=O) groups excluding carboxylic acids is 2. The van der Waals surface area contributed by atoms with Gasteiger partial charge in [-0.1, -0.05) is 17.7 Å². The highest BCUT2D eigenvalue weighted by Crippen LogP contribution is 2.55. The maximum absolute atomic E-state index is 12.3. The van der Waals surface area contributed by atoms with Crippen LogP contribution in [0.3, 0.4) is 0 Å². The maximum atomic E-state index is 12.3. The Bertz CT molecular complexity index is 633. The molecule has 0 spiro atoms. The van der Waals surface area contributed by atoms with Crippen LogP contribution in [0.2, 0.25) is 0 Å². The van der Waals surface area contributed by atoms with E-state index in [2.05, 4.69) is 16.0 Å². The zero-order valence-corrected chi connectivity index (χ0v) is 14.8. The number of anilines is 1. The van der Waals surface area contributed by atoms with Gasteiger partial charge >= 0.3 is 6.03 Å². The lowest BCUT2D eigenvalue weighted by Gasteiger charge is -2.56. The Morgan fingerprint density at radius 1 is 1.00 bits per heavy atom.